The van der Waals surface area contributed by atoms with Crippen molar-refractivity contribution in [1.29, 1.82) is 0 Å². The molecule has 6 nitrogen and oxygen atoms in total. The van der Waals surface area contributed by atoms with Crippen LogP contribution in [0.2, 0.25) is 0 Å². The molecule has 0 fully saturated rings. The average molecular weight is 341 g/mol. The van der Waals surface area contributed by atoms with Crippen molar-refractivity contribution in [3.8, 4) is 5.69 Å². The van der Waals surface area contributed by atoms with Crippen molar-refractivity contribution in [3.05, 3.63) is 58.9 Å². The van der Waals surface area contributed by atoms with Crippen LogP contribution in [-0.2, 0) is 13.0 Å². The number of aryl methyl sites for hydroxylation is 1. The third kappa shape index (κ3) is 3.30. The van der Waals surface area contributed by atoms with E-state index in [4.69, 9.17) is 5.73 Å². The van der Waals surface area contributed by atoms with Crippen LogP contribution in [0.4, 0.5) is 5.13 Å². The second-order valence-corrected chi connectivity index (χ2v) is 6.49. The molecule has 0 atom stereocenters. The summed E-state index contributed by atoms with van der Waals surface area (Å²) >= 11 is 1.25. The molecular weight excluding hydrogens is 322 g/mol. The highest BCUT2D eigenvalue weighted by atomic mass is 32.1. The van der Waals surface area contributed by atoms with E-state index in [9.17, 15) is 4.79 Å². The maximum Gasteiger partial charge on any atom is 0.265 e. The Morgan fingerprint density at radius 3 is 2.71 bits per heavy atom. The van der Waals surface area contributed by atoms with Gasteiger partial charge < -0.3 is 10.6 Å². The van der Waals surface area contributed by atoms with E-state index >= 15 is 0 Å². The Bertz CT molecular complexity index is 823. The number of hydrogen-bond donors (Lipinski definition) is 1. The summed E-state index contributed by atoms with van der Waals surface area (Å²) in [5.74, 6) is -0.0443. The molecule has 0 radical (unpaired) electrons. The van der Waals surface area contributed by atoms with E-state index in [2.05, 4.69) is 10.1 Å². The van der Waals surface area contributed by atoms with Crippen LogP contribution in [0.25, 0.3) is 5.69 Å². The predicted octanol–water partition coefficient (Wildman–Crippen LogP) is 2.75. The molecule has 0 unspecified atom stereocenters. The third-order valence-electron chi connectivity index (χ3n) is 3.71. The van der Waals surface area contributed by atoms with E-state index in [1.807, 2.05) is 43.5 Å². The number of hydrogen-bond acceptors (Lipinski definition) is 5. The fraction of sp³-hybridized carbons (Fsp3) is 0.235. The zero-order valence-corrected chi connectivity index (χ0v) is 14.5. The Morgan fingerprint density at radius 1 is 1.33 bits per heavy atom. The van der Waals surface area contributed by atoms with Gasteiger partial charge >= 0.3 is 0 Å². The Labute approximate surface area is 144 Å². The summed E-state index contributed by atoms with van der Waals surface area (Å²) in [5.41, 5.74) is 8.54. The molecule has 1 aromatic carbocycles. The second-order valence-electron chi connectivity index (χ2n) is 5.46. The highest BCUT2D eigenvalue weighted by Gasteiger charge is 2.19. The molecule has 1 amide bonds. The van der Waals surface area contributed by atoms with Crippen LogP contribution in [0.5, 0.6) is 0 Å². The lowest BCUT2D eigenvalue weighted by molar-refractivity contribution is 0.0788. The van der Waals surface area contributed by atoms with Gasteiger partial charge in [-0.1, -0.05) is 30.4 Å². The molecule has 2 heterocycles. The van der Waals surface area contributed by atoms with Crippen molar-refractivity contribution in [2.24, 2.45) is 0 Å². The largest absolute Gasteiger partial charge is 0.375 e. The zero-order chi connectivity index (χ0) is 17.1. The lowest BCUT2D eigenvalue weighted by atomic mass is 10.2. The number of nitrogens with zero attached hydrogens (tertiary/aromatic N) is 4. The van der Waals surface area contributed by atoms with Gasteiger partial charge in [-0.15, -0.1) is 0 Å². The van der Waals surface area contributed by atoms with E-state index in [1.165, 1.54) is 11.3 Å². The van der Waals surface area contributed by atoms with Crippen LogP contribution in [0.3, 0.4) is 0 Å². The van der Waals surface area contributed by atoms with Crippen LogP contribution >= 0.6 is 11.3 Å². The monoisotopic (exact) mass is 341 g/mol. The average Bonchev–Trinajstić information content (AvgIpc) is 3.24. The van der Waals surface area contributed by atoms with E-state index in [-0.39, 0.29) is 5.91 Å². The van der Waals surface area contributed by atoms with E-state index in [0.29, 0.717) is 23.0 Å². The number of benzene rings is 1. The van der Waals surface area contributed by atoms with Gasteiger partial charge in [-0.2, -0.15) is 5.10 Å². The third-order valence-corrected chi connectivity index (χ3v) is 4.63. The number of carbonyl (C=O) groups is 1. The highest BCUT2D eigenvalue weighted by molar-refractivity contribution is 7.17. The molecule has 0 aliphatic carbocycles. The Balaban J connectivity index is 1.72. The van der Waals surface area contributed by atoms with Crippen molar-refractivity contribution in [2.45, 2.75) is 19.9 Å². The van der Waals surface area contributed by atoms with Gasteiger partial charge in [0.2, 0.25) is 0 Å². The number of rotatable bonds is 5. The molecule has 0 spiro atoms. The number of nitrogen functional groups attached to an aromatic ring is 1. The van der Waals surface area contributed by atoms with Gasteiger partial charge in [0.1, 0.15) is 4.88 Å². The molecule has 0 saturated carbocycles. The lowest BCUT2D eigenvalue weighted by Crippen LogP contribution is -2.26. The quantitative estimate of drug-likeness (QED) is 0.774. The van der Waals surface area contributed by atoms with Gasteiger partial charge in [-0.25, -0.2) is 9.67 Å². The summed E-state index contributed by atoms with van der Waals surface area (Å²) in [4.78, 5) is 19.2. The number of aromatic nitrogens is 3. The number of nitrogens with two attached hydrogens (primary N) is 1. The molecule has 3 aromatic rings. The minimum absolute atomic E-state index is 0.0443. The predicted molar refractivity (Wildman–Crippen MR) is 95.3 cm³/mol. The molecule has 0 aliphatic heterocycles. The van der Waals surface area contributed by atoms with Crippen molar-refractivity contribution >= 4 is 22.4 Å². The van der Waals surface area contributed by atoms with Gasteiger partial charge in [0.25, 0.3) is 5.91 Å². The van der Waals surface area contributed by atoms with Crippen LogP contribution in [0.1, 0.15) is 27.9 Å². The van der Waals surface area contributed by atoms with E-state index < -0.39 is 0 Å². The summed E-state index contributed by atoms with van der Waals surface area (Å²) in [6.45, 7) is 2.50. The molecular formula is C17H19N5OS. The molecule has 0 saturated heterocycles. The van der Waals surface area contributed by atoms with Gasteiger partial charge in [0.15, 0.2) is 5.13 Å². The molecule has 0 aliphatic rings. The van der Waals surface area contributed by atoms with Gasteiger partial charge in [0.05, 0.1) is 11.4 Å². The molecule has 2 N–H and O–H groups in total. The smallest absolute Gasteiger partial charge is 0.265 e. The summed E-state index contributed by atoms with van der Waals surface area (Å²) in [5, 5.41) is 4.64. The fourth-order valence-electron chi connectivity index (χ4n) is 2.47. The topological polar surface area (TPSA) is 77.0 Å². The fourth-order valence-corrected chi connectivity index (χ4v) is 3.39. The van der Waals surface area contributed by atoms with Crippen molar-refractivity contribution in [2.75, 3.05) is 12.8 Å². The first-order valence-corrected chi connectivity index (χ1v) is 8.49. The molecule has 124 valence electrons. The number of thiazole rings is 1. The Hall–Kier alpha value is -2.67. The second kappa shape index (κ2) is 6.84. The summed E-state index contributed by atoms with van der Waals surface area (Å²) in [6, 6.07) is 9.86. The van der Waals surface area contributed by atoms with Crippen LogP contribution in [0, 0.1) is 0 Å². The number of amides is 1. The van der Waals surface area contributed by atoms with Gasteiger partial charge in [0, 0.05) is 26.0 Å². The molecule has 24 heavy (non-hydrogen) atoms. The maximum absolute atomic E-state index is 12.6. The summed E-state index contributed by atoms with van der Waals surface area (Å²) in [6.07, 6.45) is 4.33. The SMILES string of the molecule is CCc1nc(N)sc1C(=O)N(C)Cc1ccc(-n2cccn2)cc1. The van der Waals surface area contributed by atoms with Crippen LogP contribution in [-0.4, -0.2) is 32.6 Å². The first-order chi connectivity index (χ1) is 11.6. The lowest BCUT2D eigenvalue weighted by Gasteiger charge is -2.17. The zero-order valence-electron chi connectivity index (χ0n) is 13.6. The van der Waals surface area contributed by atoms with Crippen LogP contribution in [0.15, 0.2) is 42.7 Å². The highest BCUT2D eigenvalue weighted by Crippen LogP contribution is 2.23. The number of carbonyl (C=O) groups excluding carboxylic acids is 1. The minimum atomic E-state index is -0.0443. The molecule has 0 bridgehead atoms. The van der Waals surface area contributed by atoms with Crippen molar-refractivity contribution in [3.63, 3.8) is 0 Å². The Kier molecular flexibility index (Phi) is 4.61. The normalized spacial score (nSPS) is 10.8. The van der Waals surface area contributed by atoms with Gasteiger partial charge in [-0.3, -0.25) is 4.79 Å². The van der Waals surface area contributed by atoms with E-state index in [1.54, 1.807) is 22.8 Å². The van der Waals surface area contributed by atoms with E-state index in [0.717, 1.165) is 16.9 Å². The molecule has 3 rings (SSSR count). The maximum atomic E-state index is 12.6. The standard InChI is InChI=1S/C17H19N5OS/c1-3-14-15(24-17(18)20-14)16(23)21(2)11-12-5-7-13(8-6-12)22-10-4-9-19-22/h4-10H,3,11H2,1-2H3,(H2,18,20). The number of anilines is 1. The summed E-state index contributed by atoms with van der Waals surface area (Å²) < 4.78 is 1.80. The van der Waals surface area contributed by atoms with Gasteiger partial charge in [-0.05, 0) is 30.2 Å². The molecule has 7 heteroatoms. The van der Waals surface area contributed by atoms with Crippen LogP contribution < -0.4 is 5.73 Å². The molecule has 2 aromatic heterocycles. The first-order valence-electron chi connectivity index (χ1n) is 7.68. The summed E-state index contributed by atoms with van der Waals surface area (Å²) in [7, 11) is 1.79. The first kappa shape index (κ1) is 16.2. The Morgan fingerprint density at radius 2 is 2.08 bits per heavy atom. The van der Waals surface area contributed by atoms with Crippen molar-refractivity contribution in [1.82, 2.24) is 19.7 Å². The van der Waals surface area contributed by atoms with Crippen molar-refractivity contribution < 1.29 is 4.79 Å². The minimum Gasteiger partial charge on any atom is -0.375 e.